The molecule has 16 heavy (non-hydrogen) atoms. The van der Waals surface area contributed by atoms with Crippen LogP contribution in [0.2, 0.25) is 0 Å². The lowest BCUT2D eigenvalue weighted by molar-refractivity contribution is 0.377. The topological polar surface area (TPSA) is 40.7 Å². The van der Waals surface area contributed by atoms with Gasteiger partial charge in [0.25, 0.3) is 0 Å². The zero-order valence-corrected chi connectivity index (χ0v) is 9.37. The molecule has 0 aliphatic carbocycles. The highest BCUT2D eigenvalue weighted by molar-refractivity contribution is 5.82. The van der Waals surface area contributed by atoms with Crippen molar-refractivity contribution in [2.45, 2.75) is 19.3 Å². The highest BCUT2D eigenvalue weighted by atomic mass is 14.9. The van der Waals surface area contributed by atoms with Gasteiger partial charge in [0.2, 0.25) is 0 Å². The molecule has 0 spiro atoms. The quantitative estimate of drug-likeness (QED) is 0.805. The second-order valence-corrected chi connectivity index (χ2v) is 4.65. The van der Waals surface area contributed by atoms with Gasteiger partial charge in [0.15, 0.2) is 0 Å². The number of nitrogens with one attached hydrogen (secondary N) is 2. The number of aromatic nitrogens is 2. The summed E-state index contributed by atoms with van der Waals surface area (Å²) in [5.41, 5.74) is 2.59. The molecule has 1 fully saturated rings. The zero-order valence-electron chi connectivity index (χ0n) is 9.37. The molecule has 1 atom stereocenters. The third-order valence-corrected chi connectivity index (χ3v) is 3.48. The molecule has 1 unspecified atom stereocenters. The SMILES string of the molecule is c1cc2c(CC3CCCNC3)c[nH]c2cn1. The molecule has 0 radical (unpaired) electrons. The second kappa shape index (κ2) is 4.26. The number of fused-ring (bicyclic) bond motifs is 1. The van der Waals surface area contributed by atoms with Gasteiger partial charge in [-0.15, -0.1) is 0 Å². The number of H-pyrrole nitrogens is 1. The summed E-state index contributed by atoms with van der Waals surface area (Å²) in [5, 5.41) is 4.81. The van der Waals surface area contributed by atoms with E-state index in [1.807, 2.05) is 12.4 Å². The van der Waals surface area contributed by atoms with E-state index in [2.05, 4.69) is 27.5 Å². The number of piperidine rings is 1. The smallest absolute Gasteiger partial charge is 0.0643 e. The zero-order chi connectivity index (χ0) is 10.8. The molecule has 1 aliphatic heterocycles. The Hall–Kier alpha value is -1.35. The average molecular weight is 215 g/mol. The molecule has 0 bridgehead atoms. The molecule has 3 heteroatoms. The fraction of sp³-hybridized carbons (Fsp3) is 0.462. The Morgan fingerprint density at radius 2 is 2.44 bits per heavy atom. The van der Waals surface area contributed by atoms with Crippen molar-refractivity contribution >= 4 is 10.9 Å². The Kier molecular flexibility index (Phi) is 2.62. The first-order valence-electron chi connectivity index (χ1n) is 6.04. The first-order valence-corrected chi connectivity index (χ1v) is 6.04. The van der Waals surface area contributed by atoms with E-state index in [4.69, 9.17) is 0 Å². The Bertz CT molecular complexity index is 469. The first kappa shape index (κ1) is 9.85. The van der Waals surface area contributed by atoms with Gasteiger partial charge in [0, 0.05) is 17.8 Å². The Morgan fingerprint density at radius 1 is 1.44 bits per heavy atom. The number of rotatable bonds is 2. The lowest BCUT2D eigenvalue weighted by Gasteiger charge is -2.22. The maximum absolute atomic E-state index is 4.13. The van der Waals surface area contributed by atoms with Crippen molar-refractivity contribution in [3.05, 3.63) is 30.2 Å². The van der Waals surface area contributed by atoms with Gasteiger partial charge in [-0.05, 0) is 49.9 Å². The van der Waals surface area contributed by atoms with Crippen molar-refractivity contribution < 1.29 is 0 Å². The normalized spacial score (nSPS) is 21.4. The number of hydrogen-bond donors (Lipinski definition) is 2. The van der Waals surface area contributed by atoms with Crippen LogP contribution < -0.4 is 5.32 Å². The monoisotopic (exact) mass is 215 g/mol. The summed E-state index contributed by atoms with van der Waals surface area (Å²) >= 11 is 0. The van der Waals surface area contributed by atoms with Crippen molar-refractivity contribution in [1.82, 2.24) is 15.3 Å². The van der Waals surface area contributed by atoms with E-state index in [1.165, 1.54) is 36.8 Å². The van der Waals surface area contributed by atoms with E-state index in [9.17, 15) is 0 Å². The lowest BCUT2D eigenvalue weighted by atomic mass is 9.92. The van der Waals surface area contributed by atoms with Crippen LogP contribution in [0, 0.1) is 5.92 Å². The van der Waals surface area contributed by atoms with E-state index in [1.54, 1.807) is 0 Å². The average Bonchev–Trinajstić information content (AvgIpc) is 2.74. The van der Waals surface area contributed by atoms with Gasteiger partial charge >= 0.3 is 0 Å². The van der Waals surface area contributed by atoms with Gasteiger partial charge in [0.1, 0.15) is 0 Å². The molecule has 2 aromatic heterocycles. The summed E-state index contributed by atoms with van der Waals surface area (Å²) in [4.78, 5) is 7.42. The molecule has 1 aliphatic rings. The van der Waals surface area contributed by atoms with Crippen LogP contribution in [0.5, 0.6) is 0 Å². The van der Waals surface area contributed by atoms with Gasteiger partial charge in [-0.1, -0.05) is 0 Å². The summed E-state index contributed by atoms with van der Waals surface area (Å²) in [6.45, 7) is 2.35. The third-order valence-electron chi connectivity index (χ3n) is 3.48. The fourth-order valence-electron chi connectivity index (χ4n) is 2.61. The molecular weight excluding hydrogens is 198 g/mol. The van der Waals surface area contributed by atoms with Crippen LogP contribution in [0.4, 0.5) is 0 Å². The highest BCUT2D eigenvalue weighted by Crippen LogP contribution is 2.22. The third kappa shape index (κ3) is 1.83. The van der Waals surface area contributed by atoms with Gasteiger partial charge in [-0.2, -0.15) is 0 Å². The van der Waals surface area contributed by atoms with Crippen molar-refractivity contribution in [2.24, 2.45) is 5.92 Å². The Labute approximate surface area is 95.3 Å². The number of aromatic amines is 1. The van der Waals surface area contributed by atoms with E-state index < -0.39 is 0 Å². The van der Waals surface area contributed by atoms with Crippen molar-refractivity contribution in [1.29, 1.82) is 0 Å². The van der Waals surface area contributed by atoms with E-state index in [0.29, 0.717) is 0 Å². The molecule has 1 saturated heterocycles. The number of pyridine rings is 1. The minimum absolute atomic E-state index is 0.793. The lowest BCUT2D eigenvalue weighted by Crippen LogP contribution is -2.30. The van der Waals surface area contributed by atoms with Crippen LogP contribution in [0.3, 0.4) is 0 Å². The summed E-state index contributed by atoms with van der Waals surface area (Å²) in [5.74, 6) is 0.793. The fourth-order valence-corrected chi connectivity index (χ4v) is 2.61. The summed E-state index contributed by atoms with van der Waals surface area (Å²) in [6, 6.07) is 2.11. The second-order valence-electron chi connectivity index (χ2n) is 4.65. The van der Waals surface area contributed by atoms with Crippen molar-refractivity contribution in [2.75, 3.05) is 13.1 Å². The molecule has 84 valence electrons. The summed E-state index contributed by atoms with van der Waals surface area (Å²) in [7, 11) is 0. The Balaban J connectivity index is 1.83. The maximum atomic E-state index is 4.13. The van der Waals surface area contributed by atoms with Gasteiger partial charge < -0.3 is 10.3 Å². The molecule has 3 rings (SSSR count). The standard InChI is InChI=1S/C13H17N3/c1-2-10(7-14-4-1)6-11-8-16-13-9-15-5-3-12(11)13/h3,5,8-10,14,16H,1-2,4,6-7H2. The van der Waals surface area contributed by atoms with Crippen LogP contribution in [0.15, 0.2) is 24.7 Å². The maximum Gasteiger partial charge on any atom is 0.0643 e. The van der Waals surface area contributed by atoms with E-state index in [-0.39, 0.29) is 0 Å². The number of hydrogen-bond acceptors (Lipinski definition) is 2. The summed E-state index contributed by atoms with van der Waals surface area (Å²) < 4.78 is 0. The predicted octanol–water partition coefficient (Wildman–Crippen LogP) is 2.10. The summed E-state index contributed by atoms with van der Waals surface area (Å²) in [6.07, 6.45) is 9.76. The molecule has 2 aromatic rings. The molecule has 3 nitrogen and oxygen atoms in total. The van der Waals surface area contributed by atoms with E-state index >= 15 is 0 Å². The minimum atomic E-state index is 0.793. The van der Waals surface area contributed by atoms with Crippen molar-refractivity contribution in [3.8, 4) is 0 Å². The largest absolute Gasteiger partial charge is 0.360 e. The van der Waals surface area contributed by atoms with Gasteiger partial charge in [-0.3, -0.25) is 4.98 Å². The van der Waals surface area contributed by atoms with Crippen LogP contribution in [0.1, 0.15) is 18.4 Å². The van der Waals surface area contributed by atoms with Crippen LogP contribution in [-0.2, 0) is 6.42 Å². The molecular formula is C13H17N3. The predicted molar refractivity (Wildman–Crippen MR) is 65.4 cm³/mol. The molecule has 0 amide bonds. The highest BCUT2D eigenvalue weighted by Gasteiger charge is 2.15. The Morgan fingerprint density at radius 3 is 3.31 bits per heavy atom. The number of nitrogens with zero attached hydrogens (tertiary/aromatic N) is 1. The van der Waals surface area contributed by atoms with Crippen LogP contribution in [0.25, 0.3) is 10.9 Å². The van der Waals surface area contributed by atoms with Gasteiger partial charge in [0.05, 0.1) is 11.7 Å². The first-order chi connectivity index (χ1) is 7.93. The van der Waals surface area contributed by atoms with Crippen molar-refractivity contribution in [3.63, 3.8) is 0 Å². The van der Waals surface area contributed by atoms with E-state index in [0.717, 1.165) is 18.0 Å². The molecule has 0 aromatic carbocycles. The van der Waals surface area contributed by atoms with Crippen LogP contribution in [-0.4, -0.2) is 23.1 Å². The molecule has 2 N–H and O–H groups in total. The molecule has 0 saturated carbocycles. The van der Waals surface area contributed by atoms with Gasteiger partial charge in [-0.25, -0.2) is 0 Å². The minimum Gasteiger partial charge on any atom is -0.360 e. The van der Waals surface area contributed by atoms with Crippen LogP contribution >= 0.6 is 0 Å². The molecule has 3 heterocycles.